The van der Waals surface area contributed by atoms with Gasteiger partial charge in [0.05, 0.1) is 10.8 Å². The second-order valence-corrected chi connectivity index (χ2v) is 7.24. The maximum Gasteiger partial charge on any atom is 0.144 e. The molecule has 1 saturated heterocycles. The van der Waals surface area contributed by atoms with Crippen molar-refractivity contribution in [1.29, 1.82) is 0 Å². The monoisotopic (exact) mass is 338 g/mol. The average Bonchev–Trinajstić information content (AvgIpc) is 2.49. The van der Waals surface area contributed by atoms with Crippen LogP contribution in [0, 0.1) is 6.92 Å². The number of nitrogens with zero attached hydrogens (tertiary/aromatic N) is 2. The van der Waals surface area contributed by atoms with Gasteiger partial charge in [-0.25, -0.2) is 9.97 Å². The summed E-state index contributed by atoms with van der Waals surface area (Å²) in [7, 11) is 0. The van der Waals surface area contributed by atoms with Crippen LogP contribution in [0.4, 0.5) is 0 Å². The fraction of sp³-hybridized carbons (Fsp3) is 0.375. The van der Waals surface area contributed by atoms with E-state index in [4.69, 9.17) is 23.2 Å². The highest BCUT2D eigenvalue weighted by molar-refractivity contribution is 7.99. The Labute approximate surface area is 139 Å². The van der Waals surface area contributed by atoms with Crippen LogP contribution >= 0.6 is 35.0 Å². The Kier molecular flexibility index (Phi) is 4.72. The van der Waals surface area contributed by atoms with Crippen LogP contribution in [0.3, 0.4) is 0 Å². The Morgan fingerprint density at radius 3 is 2.43 bits per heavy atom. The molecule has 1 aliphatic rings. The Morgan fingerprint density at radius 2 is 1.81 bits per heavy atom. The summed E-state index contributed by atoms with van der Waals surface area (Å²) in [6.07, 6.45) is 3.58. The molecule has 0 radical (unpaired) electrons. The van der Waals surface area contributed by atoms with Gasteiger partial charge in [-0.15, -0.1) is 0 Å². The van der Waals surface area contributed by atoms with Crippen molar-refractivity contribution in [2.24, 2.45) is 0 Å². The van der Waals surface area contributed by atoms with Gasteiger partial charge in [0, 0.05) is 0 Å². The van der Waals surface area contributed by atoms with E-state index in [0.29, 0.717) is 15.6 Å². The Hall–Kier alpha value is -0.770. The third-order valence-corrected chi connectivity index (χ3v) is 5.64. The Balaban J connectivity index is 2.02. The van der Waals surface area contributed by atoms with Crippen LogP contribution < -0.4 is 0 Å². The van der Waals surface area contributed by atoms with Crippen molar-refractivity contribution in [3.8, 4) is 11.1 Å². The largest absolute Gasteiger partial charge is 0.219 e. The summed E-state index contributed by atoms with van der Waals surface area (Å²) in [6, 6.07) is 8.00. The van der Waals surface area contributed by atoms with Gasteiger partial charge in [0.1, 0.15) is 16.1 Å². The van der Waals surface area contributed by atoms with Gasteiger partial charge < -0.3 is 0 Å². The first kappa shape index (κ1) is 15.1. The van der Waals surface area contributed by atoms with Crippen LogP contribution in [0.1, 0.15) is 35.9 Å². The topological polar surface area (TPSA) is 25.8 Å². The number of hydrogen-bond acceptors (Lipinski definition) is 3. The first-order valence-corrected chi connectivity index (χ1v) is 8.88. The standard InChI is InChI=1S/C16H16Cl2N2S/c1-10-6-2-3-7-11(10)13-14(17)19-16(20-15(13)18)12-8-4-5-9-21-12/h2-3,6-7,12H,4-5,8-9H2,1H3. The second kappa shape index (κ2) is 6.55. The van der Waals surface area contributed by atoms with Crippen molar-refractivity contribution < 1.29 is 0 Å². The minimum absolute atomic E-state index is 0.319. The molecule has 2 aromatic rings. The maximum atomic E-state index is 6.42. The normalized spacial score (nSPS) is 18.7. The Morgan fingerprint density at radius 1 is 1.10 bits per heavy atom. The summed E-state index contributed by atoms with van der Waals surface area (Å²) in [4.78, 5) is 9.05. The zero-order chi connectivity index (χ0) is 14.8. The van der Waals surface area contributed by atoms with Crippen molar-refractivity contribution in [1.82, 2.24) is 9.97 Å². The summed E-state index contributed by atoms with van der Waals surface area (Å²) in [5, 5.41) is 1.22. The van der Waals surface area contributed by atoms with Crippen molar-refractivity contribution in [2.75, 3.05) is 5.75 Å². The average molecular weight is 339 g/mol. The van der Waals surface area contributed by atoms with E-state index >= 15 is 0 Å². The molecule has 21 heavy (non-hydrogen) atoms. The van der Waals surface area contributed by atoms with Crippen molar-refractivity contribution in [3.05, 3.63) is 46.0 Å². The van der Waals surface area contributed by atoms with Crippen LogP contribution in [0.5, 0.6) is 0 Å². The number of aromatic nitrogens is 2. The lowest BCUT2D eigenvalue weighted by molar-refractivity contribution is 0.662. The molecule has 1 fully saturated rings. The molecule has 1 aromatic carbocycles. The highest BCUT2D eigenvalue weighted by atomic mass is 35.5. The number of rotatable bonds is 2. The van der Waals surface area contributed by atoms with Crippen molar-refractivity contribution in [2.45, 2.75) is 31.4 Å². The van der Waals surface area contributed by atoms with Crippen LogP contribution in [-0.2, 0) is 0 Å². The van der Waals surface area contributed by atoms with Gasteiger partial charge in [-0.1, -0.05) is 53.9 Å². The molecule has 1 atom stereocenters. The highest BCUT2D eigenvalue weighted by Crippen LogP contribution is 2.40. The fourth-order valence-corrected chi connectivity index (χ4v) is 4.43. The molecule has 0 N–H and O–H groups in total. The molecule has 2 heterocycles. The minimum Gasteiger partial charge on any atom is -0.219 e. The predicted molar refractivity (Wildman–Crippen MR) is 91.3 cm³/mol. The molecule has 1 aromatic heterocycles. The maximum absolute atomic E-state index is 6.42. The number of thioether (sulfide) groups is 1. The first-order chi connectivity index (χ1) is 10.2. The van der Waals surface area contributed by atoms with E-state index in [1.807, 2.05) is 43.0 Å². The predicted octanol–water partition coefficient (Wildman–Crippen LogP) is 5.72. The summed E-state index contributed by atoms with van der Waals surface area (Å²) in [5.41, 5.74) is 2.85. The second-order valence-electron chi connectivity index (χ2n) is 5.21. The van der Waals surface area contributed by atoms with Crippen LogP contribution in [0.15, 0.2) is 24.3 Å². The van der Waals surface area contributed by atoms with Crippen LogP contribution in [0.2, 0.25) is 10.3 Å². The molecule has 1 unspecified atom stereocenters. The molecule has 110 valence electrons. The summed E-state index contributed by atoms with van der Waals surface area (Å²) >= 11 is 14.7. The fourth-order valence-electron chi connectivity index (χ4n) is 2.59. The van der Waals surface area contributed by atoms with E-state index in [2.05, 4.69) is 9.97 Å². The first-order valence-electron chi connectivity index (χ1n) is 7.07. The molecular formula is C16H16Cl2N2S. The third-order valence-electron chi connectivity index (χ3n) is 3.72. The van der Waals surface area contributed by atoms with E-state index in [1.54, 1.807) is 0 Å². The van der Waals surface area contributed by atoms with E-state index in [9.17, 15) is 0 Å². The van der Waals surface area contributed by atoms with Gasteiger partial charge in [0.2, 0.25) is 0 Å². The minimum atomic E-state index is 0.319. The highest BCUT2D eigenvalue weighted by Gasteiger charge is 2.22. The third kappa shape index (κ3) is 3.20. The summed E-state index contributed by atoms with van der Waals surface area (Å²) in [5.74, 6) is 1.93. The molecule has 0 spiro atoms. The van der Waals surface area contributed by atoms with Gasteiger partial charge in [-0.05, 0) is 36.6 Å². The van der Waals surface area contributed by atoms with Crippen molar-refractivity contribution in [3.63, 3.8) is 0 Å². The van der Waals surface area contributed by atoms with Gasteiger partial charge >= 0.3 is 0 Å². The number of aryl methyl sites for hydroxylation is 1. The smallest absolute Gasteiger partial charge is 0.144 e. The van der Waals surface area contributed by atoms with Crippen molar-refractivity contribution >= 4 is 35.0 Å². The molecule has 3 rings (SSSR count). The van der Waals surface area contributed by atoms with Gasteiger partial charge in [0.25, 0.3) is 0 Å². The lowest BCUT2D eigenvalue weighted by Crippen LogP contribution is -2.08. The molecule has 0 aliphatic carbocycles. The zero-order valence-electron chi connectivity index (χ0n) is 11.8. The van der Waals surface area contributed by atoms with Gasteiger partial charge in [-0.2, -0.15) is 11.8 Å². The lowest BCUT2D eigenvalue weighted by atomic mass is 10.0. The quantitative estimate of drug-likeness (QED) is 0.655. The van der Waals surface area contributed by atoms with Gasteiger partial charge in [-0.3, -0.25) is 0 Å². The van der Waals surface area contributed by atoms with E-state index in [-0.39, 0.29) is 0 Å². The summed E-state index contributed by atoms with van der Waals surface area (Å²) < 4.78 is 0. The van der Waals surface area contributed by atoms with Crippen LogP contribution in [-0.4, -0.2) is 15.7 Å². The number of benzene rings is 1. The molecule has 0 amide bonds. The zero-order valence-corrected chi connectivity index (χ0v) is 14.1. The number of halogens is 2. The molecule has 2 nitrogen and oxygen atoms in total. The Bertz CT molecular complexity index is 631. The molecule has 0 bridgehead atoms. The summed E-state index contributed by atoms with van der Waals surface area (Å²) in [6.45, 7) is 2.03. The number of hydrogen-bond donors (Lipinski definition) is 0. The van der Waals surface area contributed by atoms with Gasteiger partial charge in [0.15, 0.2) is 0 Å². The molecule has 5 heteroatoms. The van der Waals surface area contributed by atoms with E-state index < -0.39 is 0 Å². The lowest BCUT2D eigenvalue weighted by Gasteiger charge is -2.21. The molecule has 0 saturated carbocycles. The molecule has 1 aliphatic heterocycles. The van der Waals surface area contributed by atoms with Crippen LogP contribution in [0.25, 0.3) is 11.1 Å². The molecular weight excluding hydrogens is 323 g/mol. The SMILES string of the molecule is Cc1ccccc1-c1c(Cl)nc(C2CCCCS2)nc1Cl. The van der Waals surface area contributed by atoms with E-state index in [0.717, 1.165) is 34.7 Å². The van der Waals surface area contributed by atoms with E-state index in [1.165, 1.54) is 12.8 Å².